The van der Waals surface area contributed by atoms with Crippen molar-refractivity contribution in [2.75, 3.05) is 13.2 Å². The van der Waals surface area contributed by atoms with Gasteiger partial charge in [0.15, 0.2) is 8.32 Å². The van der Waals surface area contributed by atoms with Gasteiger partial charge in [-0.1, -0.05) is 27.7 Å². The van der Waals surface area contributed by atoms with Crippen LogP contribution in [0.2, 0.25) is 18.1 Å². The van der Waals surface area contributed by atoms with Crippen molar-refractivity contribution in [2.45, 2.75) is 91.6 Å². The third kappa shape index (κ3) is 9.57. The van der Waals surface area contributed by atoms with Crippen LogP contribution in [0.1, 0.15) is 61.8 Å². The smallest absolute Gasteiger partial charge is 0.408 e. The Kier molecular flexibility index (Phi) is 9.33. The van der Waals surface area contributed by atoms with Crippen molar-refractivity contribution in [1.82, 2.24) is 5.32 Å². The molecule has 6 nitrogen and oxygen atoms in total. The minimum absolute atomic E-state index is 0.0912. The summed E-state index contributed by atoms with van der Waals surface area (Å²) in [7, 11) is -1.85. The van der Waals surface area contributed by atoms with Crippen LogP contribution in [-0.2, 0) is 18.7 Å². The number of rotatable bonds is 8. The fourth-order valence-corrected chi connectivity index (χ4v) is 3.08. The lowest BCUT2D eigenvalue weighted by molar-refractivity contribution is -0.146. The summed E-state index contributed by atoms with van der Waals surface area (Å²) in [6.07, 6.45) is -0.180. The third-order valence-electron chi connectivity index (χ3n) is 4.44. The van der Waals surface area contributed by atoms with Gasteiger partial charge < -0.3 is 19.2 Å². The molecule has 0 aliphatic carbocycles. The van der Waals surface area contributed by atoms with Crippen LogP contribution >= 0.6 is 0 Å². The van der Waals surface area contributed by atoms with E-state index in [4.69, 9.17) is 13.9 Å². The molecule has 0 bridgehead atoms. The van der Waals surface area contributed by atoms with E-state index < -0.39 is 32.0 Å². The first kappa shape index (κ1) is 24.9. The lowest BCUT2D eigenvalue weighted by atomic mass is 10.0. The Labute approximate surface area is 160 Å². The maximum Gasteiger partial charge on any atom is 0.408 e. The summed E-state index contributed by atoms with van der Waals surface area (Å²) in [5.41, 5.74) is -0.625. The predicted octanol–water partition coefficient (Wildman–Crippen LogP) is 4.49. The first-order valence-electron chi connectivity index (χ1n) is 9.39. The molecular formula is C19H39NO5Si. The highest BCUT2D eigenvalue weighted by Gasteiger charge is 2.37. The van der Waals surface area contributed by atoms with E-state index in [9.17, 15) is 9.59 Å². The maximum absolute atomic E-state index is 12.2. The van der Waals surface area contributed by atoms with Crippen molar-refractivity contribution in [2.24, 2.45) is 5.92 Å². The quantitative estimate of drug-likeness (QED) is 0.489. The molecule has 0 aliphatic heterocycles. The molecule has 7 heteroatoms. The average molecular weight is 390 g/mol. The number of carbonyl (C=O) groups excluding carboxylic acids is 2. The predicted molar refractivity (Wildman–Crippen MR) is 107 cm³/mol. The Hall–Kier alpha value is -1.08. The molecule has 26 heavy (non-hydrogen) atoms. The van der Waals surface area contributed by atoms with E-state index in [0.29, 0.717) is 13.0 Å². The second-order valence-corrected chi connectivity index (χ2v) is 14.2. The van der Waals surface area contributed by atoms with Crippen molar-refractivity contribution < 1.29 is 23.5 Å². The van der Waals surface area contributed by atoms with E-state index in [1.807, 2.05) is 6.92 Å². The van der Waals surface area contributed by atoms with E-state index in [1.165, 1.54) is 0 Å². The van der Waals surface area contributed by atoms with Crippen LogP contribution in [0.15, 0.2) is 0 Å². The number of esters is 1. The van der Waals surface area contributed by atoms with Crippen LogP contribution in [0.3, 0.4) is 0 Å². The Morgan fingerprint density at radius 2 is 1.62 bits per heavy atom. The Balaban J connectivity index is 4.86. The molecule has 0 aromatic rings. The summed E-state index contributed by atoms with van der Waals surface area (Å²) < 4.78 is 16.6. The van der Waals surface area contributed by atoms with Gasteiger partial charge >= 0.3 is 12.1 Å². The second-order valence-electron chi connectivity index (χ2n) is 9.36. The molecule has 0 heterocycles. The summed E-state index contributed by atoms with van der Waals surface area (Å²) in [5, 5.41) is 2.76. The maximum atomic E-state index is 12.2. The number of alkyl carbamates (subject to hydrolysis) is 1. The van der Waals surface area contributed by atoms with E-state index in [2.05, 4.69) is 39.2 Å². The van der Waals surface area contributed by atoms with E-state index in [0.717, 1.165) is 0 Å². The Morgan fingerprint density at radius 1 is 1.08 bits per heavy atom. The van der Waals surface area contributed by atoms with Crippen LogP contribution < -0.4 is 5.32 Å². The number of hydrogen-bond donors (Lipinski definition) is 1. The summed E-state index contributed by atoms with van der Waals surface area (Å²) >= 11 is 0. The normalized spacial score (nSPS) is 15.2. The molecule has 1 amide bonds. The van der Waals surface area contributed by atoms with Crippen molar-refractivity contribution >= 4 is 20.4 Å². The lowest BCUT2D eigenvalue weighted by Gasteiger charge is -2.37. The van der Waals surface area contributed by atoms with Gasteiger partial charge in [-0.3, -0.25) is 0 Å². The summed E-state index contributed by atoms with van der Waals surface area (Å²) in [4.78, 5) is 24.3. The van der Waals surface area contributed by atoms with E-state index in [-0.39, 0.29) is 17.6 Å². The topological polar surface area (TPSA) is 73.9 Å². The lowest BCUT2D eigenvalue weighted by Crippen LogP contribution is -2.46. The first-order valence-corrected chi connectivity index (χ1v) is 12.3. The molecule has 2 unspecified atom stereocenters. The zero-order valence-corrected chi connectivity index (χ0v) is 19.3. The average Bonchev–Trinajstić information content (AvgIpc) is 2.41. The molecule has 1 N–H and O–H groups in total. The van der Waals surface area contributed by atoms with Gasteiger partial charge in [0.1, 0.15) is 11.6 Å². The van der Waals surface area contributed by atoms with Gasteiger partial charge in [0.25, 0.3) is 0 Å². The number of carbonyl (C=O) groups is 2. The Morgan fingerprint density at radius 3 is 2.04 bits per heavy atom. The van der Waals surface area contributed by atoms with E-state index in [1.54, 1.807) is 27.7 Å². The van der Waals surface area contributed by atoms with Crippen LogP contribution in [0.5, 0.6) is 0 Å². The van der Waals surface area contributed by atoms with Gasteiger partial charge in [-0.05, 0) is 58.2 Å². The van der Waals surface area contributed by atoms with Gasteiger partial charge in [-0.25, -0.2) is 9.59 Å². The van der Waals surface area contributed by atoms with Crippen molar-refractivity contribution in [3.63, 3.8) is 0 Å². The monoisotopic (exact) mass is 389 g/mol. The minimum Gasteiger partial charge on any atom is -0.464 e. The molecule has 0 aromatic heterocycles. The van der Waals surface area contributed by atoms with Crippen molar-refractivity contribution in [1.29, 1.82) is 0 Å². The van der Waals surface area contributed by atoms with E-state index >= 15 is 0 Å². The molecular weight excluding hydrogens is 350 g/mol. The number of hydrogen-bond acceptors (Lipinski definition) is 5. The van der Waals surface area contributed by atoms with Crippen LogP contribution in [-0.4, -0.2) is 45.2 Å². The molecule has 0 spiro atoms. The molecule has 2 atom stereocenters. The zero-order chi connectivity index (χ0) is 20.8. The number of amides is 1. The molecule has 0 rings (SSSR count). The largest absolute Gasteiger partial charge is 0.464 e. The fourth-order valence-electron chi connectivity index (χ4n) is 1.94. The minimum atomic E-state index is -1.85. The van der Waals surface area contributed by atoms with Crippen LogP contribution in [0, 0.1) is 5.92 Å². The summed E-state index contributed by atoms with van der Waals surface area (Å²) in [6, 6.07) is -0.747. The molecule has 0 fully saturated rings. The Bertz CT molecular complexity index is 466. The number of ether oxygens (including phenoxy) is 2. The van der Waals surface area contributed by atoms with Gasteiger partial charge in [-0.2, -0.15) is 0 Å². The zero-order valence-electron chi connectivity index (χ0n) is 18.3. The van der Waals surface area contributed by atoms with Gasteiger partial charge in [0.2, 0.25) is 0 Å². The SMILES string of the molecule is CCOC(=O)C(CC(C)CO[Si](C)(C)C(C)(C)C)NC(=O)OC(C)(C)C. The molecule has 154 valence electrons. The number of nitrogens with one attached hydrogen (secondary N) is 1. The molecule has 0 saturated heterocycles. The molecule has 0 saturated carbocycles. The highest BCUT2D eigenvalue weighted by molar-refractivity contribution is 6.74. The first-order chi connectivity index (χ1) is 11.6. The van der Waals surface area contributed by atoms with Crippen molar-refractivity contribution in [3.05, 3.63) is 0 Å². The summed E-state index contributed by atoms with van der Waals surface area (Å²) in [6.45, 7) is 20.9. The van der Waals surface area contributed by atoms with Crippen molar-refractivity contribution in [3.8, 4) is 0 Å². The standard InChI is InChI=1S/C19H39NO5Si/c1-11-23-16(21)15(20-17(22)25-18(3,4)5)12-14(2)13-24-26(9,10)19(6,7)8/h14-15H,11-13H2,1-10H3,(H,20,22). The molecule has 0 aromatic carbocycles. The van der Waals surface area contributed by atoms with Gasteiger partial charge in [0.05, 0.1) is 6.61 Å². The highest BCUT2D eigenvalue weighted by atomic mass is 28.4. The third-order valence-corrected chi connectivity index (χ3v) is 8.94. The fraction of sp³-hybridized carbons (Fsp3) is 0.895. The van der Waals surface area contributed by atoms with Gasteiger partial charge in [0, 0.05) is 6.61 Å². The van der Waals surface area contributed by atoms with Gasteiger partial charge in [-0.15, -0.1) is 0 Å². The summed E-state index contributed by atoms with van der Waals surface area (Å²) in [5.74, 6) is -0.356. The van der Waals surface area contributed by atoms with Crippen LogP contribution in [0.25, 0.3) is 0 Å². The molecule has 0 radical (unpaired) electrons. The van der Waals surface area contributed by atoms with Crippen LogP contribution in [0.4, 0.5) is 4.79 Å². The molecule has 0 aliphatic rings. The second kappa shape index (κ2) is 9.74. The highest BCUT2D eigenvalue weighted by Crippen LogP contribution is 2.36.